The number of halogens is 1. The summed E-state index contributed by atoms with van der Waals surface area (Å²) in [7, 11) is 0. The molecule has 0 bridgehead atoms. The molecule has 0 aliphatic heterocycles. The molecule has 0 fully saturated rings. The predicted molar refractivity (Wildman–Crippen MR) is 132 cm³/mol. The van der Waals surface area contributed by atoms with Gasteiger partial charge in [0.15, 0.2) is 6.61 Å². The van der Waals surface area contributed by atoms with Gasteiger partial charge in [0.1, 0.15) is 5.75 Å². The van der Waals surface area contributed by atoms with Gasteiger partial charge in [-0.05, 0) is 59.0 Å². The first kappa shape index (κ1) is 24.6. The summed E-state index contributed by atoms with van der Waals surface area (Å²) in [5.41, 5.74) is 1.73. The van der Waals surface area contributed by atoms with Crippen LogP contribution in [0.15, 0.2) is 60.7 Å². The average Bonchev–Trinajstić information content (AvgIpc) is 2.80. The first-order valence-electron chi connectivity index (χ1n) is 11.3. The number of rotatable bonds is 11. The summed E-state index contributed by atoms with van der Waals surface area (Å²) in [6, 6.07) is 19.0. The Morgan fingerprint density at radius 1 is 1.00 bits per heavy atom. The largest absolute Gasteiger partial charge is 0.484 e. The van der Waals surface area contributed by atoms with Gasteiger partial charge in [-0.3, -0.25) is 9.59 Å². The van der Waals surface area contributed by atoms with E-state index in [1.165, 1.54) is 0 Å². The van der Waals surface area contributed by atoms with Crippen LogP contribution in [0.25, 0.3) is 10.8 Å². The zero-order valence-electron chi connectivity index (χ0n) is 19.0. The van der Waals surface area contributed by atoms with Crippen LogP contribution in [0.5, 0.6) is 5.75 Å². The van der Waals surface area contributed by atoms with E-state index in [0.29, 0.717) is 10.8 Å². The Kier molecular flexibility index (Phi) is 8.72. The van der Waals surface area contributed by atoms with Gasteiger partial charge in [-0.25, -0.2) is 0 Å². The number of carbonyl (C=O) groups is 2. The number of hydrogen-bond acceptors (Lipinski definition) is 3. The third-order valence-electron chi connectivity index (χ3n) is 5.73. The van der Waals surface area contributed by atoms with E-state index in [1.807, 2.05) is 48.5 Å². The summed E-state index contributed by atoms with van der Waals surface area (Å²) in [5.74, 6) is -0.746. The first-order valence-corrected chi connectivity index (χ1v) is 11.7. The van der Waals surface area contributed by atoms with Crippen molar-refractivity contribution in [2.75, 3.05) is 6.61 Å². The third-order valence-corrected chi connectivity index (χ3v) is 5.97. The van der Waals surface area contributed by atoms with E-state index in [0.717, 1.165) is 41.2 Å². The van der Waals surface area contributed by atoms with Crippen LogP contribution in [-0.2, 0) is 9.59 Å². The van der Waals surface area contributed by atoms with Gasteiger partial charge in [0.25, 0.3) is 5.91 Å². The zero-order chi connectivity index (χ0) is 23.8. The molecule has 2 unspecified atom stereocenters. The molecule has 0 aliphatic rings. The number of hydrogen-bond donors (Lipinski definition) is 2. The van der Waals surface area contributed by atoms with Gasteiger partial charge >= 0.3 is 5.97 Å². The van der Waals surface area contributed by atoms with Gasteiger partial charge in [-0.2, -0.15) is 0 Å². The van der Waals surface area contributed by atoms with Crippen molar-refractivity contribution in [1.29, 1.82) is 0 Å². The number of fused-ring (bicyclic) bond motifs is 1. The van der Waals surface area contributed by atoms with Crippen LogP contribution < -0.4 is 10.1 Å². The number of carboxylic acids is 1. The van der Waals surface area contributed by atoms with Crippen molar-refractivity contribution in [1.82, 2.24) is 5.32 Å². The van der Waals surface area contributed by atoms with E-state index in [4.69, 9.17) is 16.3 Å². The fourth-order valence-corrected chi connectivity index (χ4v) is 4.22. The highest BCUT2D eigenvalue weighted by Crippen LogP contribution is 2.32. The van der Waals surface area contributed by atoms with Gasteiger partial charge in [0.2, 0.25) is 0 Å². The molecule has 0 saturated heterocycles. The van der Waals surface area contributed by atoms with Crippen LogP contribution in [0, 0.1) is 0 Å². The number of nitrogens with one attached hydrogen (secondary N) is 1. The maximum absolute atomic E-state index is 12.3. The molecule has 0 aliphatic carbocycles. The molecule has 3 aromatic rings. The molecule has 3 aromatic carbocycles. The average molecular weight is 468 g/mol. The first-order chi connectivity index (χ1) is 15.9. The van der Waals surface area contributed by atoms with E-state index >= 15 is 0 Å². The normalized spacial score (nSPS) is 12.8. The second-order valence-corrected chi connectivity index (χ2v) is 8.66. The zero-order valence-corrected chi connectivity index (χ0v) is 19.8. The molecule has 0 radical (unpaired) electrons. The van der Waals surface area contributed by atoms with E-state index in [2.05, 4.69) is 19.2 Å². The van der Waals surface area contributed by atoms with Gasteiger partial charge in [0, 0.05) is 17.0 Å². The molecule has 0 saturated carbocycles. The van der Waals surface area contributed by atoms with Crippen LogP contribution >= 0.6 is 11.6 Å². The van der Waals surface area contributed by atoms with Crippen molar-refractivity contribution in [3.05, 3.63) is 76.8 Å². The van der Waals surface area contributed by atoms with Crippen LogP contribution in [0.1, 0.15) is 56.6 Å². The SMILES string of the molecule is CCCC(CC)NC(=O)COc1ccc2ccc(C(CC(=O)O)c3cccc(Cl)c3)cc2c1. The summed E-state index contributed by atoms with van der Waals surface area (Å²) < 4.78 is 5.74. The monoisotopic (exact) mass is 467 g/mol. The summed E-state index contributed by atoms with van der Waals surface area (Å²) in [6.07, 6.45) is 2.82. The number of ether oxygens (including phenoxy) is 1. The lowest BCUT2D eigenvalue weighted by atomic mass is 9.87. The van der Waals surface area contributed by atoms with Crippen molar-refractivity contribution >= 4 is 34.2 Å². The van der Waals surface area contributed by atoms with Gasteiger partial charge in [0.05, 0.1) is 6.42 Å². The number of benzene rings is 3. The quantitative estimate of drug-likeness (QED) is 0.353. The Balaban J connectivity index is 1.80. The summed E-state index contributed by atoms with van der Waals surface area (Å²) in [6.45, 7) is 4.11. The van der Waals surface area contributed by atoms with Crippen molar-refractivity contribution < 1.29 is 19.4 Å². The molecule has 6 heteroatoms. The smallest absolute Gasteiger partial charge is 0.304 e. The number of aliphatic carboxylic acids is 1. The predicted octanol–water partition coefficient (Wildman–Crippen LogP) is 6.17. The molecule has 3 rings (SSSR count). The van der Waals surface area contributed by atoms with E-state index in [1.54, 1.807) is 12.1 Å². The lowest BCUT2D eigenvalue weighted by Crippen LogP contribution is -2.37. The molecule has 33 heavy (non-hydrogen) atoms. The fourth-order valence-electron chi connectivity index (χ4n) is 4.02. The minimum Gasteiger partial charge on any atom is -0.484 e. The molecule has 2 atom stereocenters. The lowest BCUT2D eigenvalue weighted by molar-refractivity contribution is -0.137. The molecule has 2 N–H and O–H groups in total. The minimum atomic E-state index is -0.878. The molecule has 174 valence electrons. The van der Waals surface area contributed by atoms with Gasteiger partial charge in [-0.15, -0.1) is 0 Å². The van der Waals surface area contributed by atoms with Crippen molar-refractivity contribution in [3.8, 4) is 5.75 Å². The molecular formula is C27H30ClNO4. The van der Waals surface area contributed by atoms with Crippen molar-refractivity contribution in [2.24, 2.45) is 0 Å². The Bertz CT molecular complexity index is 1110. The Morgan fingerprint density at radius 3 is 2.45 bits per heavy atom. The second-order valence-electron chi connectivity index (χ2n) is 8.22. The summed E-state index contributed by atoms with van der Waals surface area (Å²) in [5, 5.41) is 15.0. The summed E-state index contributed by atoms with van der Waals surface area (Å²) >= 11 is 6.15. The van der Waals surface area contributed by atoms with Gasteiger partial charge < -0.3 is 15.2 Å². The summed E-state index contributed by atoms with van der Waals surface area (Å²) in [4.78, 5) is 23.8. The maximum atomic E-state index is 12.3. The Hall–Kier alpha value is -3.05. The van der Waals surface area contributed by atoms with Crippen LogP contribution in [0.2, 0.25) is 5.02 Å². The number of carboxylic acid groups (broad SMARTS) is 1. The Morgan fingerprint density at radius 2 is 1.76 bits per heavy atom. The number of amides is 1. The molecule has 0 heterocycles. The Labute approximate surface area is 199 Å². The molecule has 0 aromatic heterocycles. The molecule has 1 amide bonds. The fraction of sp³-hybridized carbons (Fsp3) is 0.333. The third kappa shape index (κ3) is 6.96. The molecule has 5 nitrogen and oxygen atoms in total. The highest BCUT2D eigenvalue weighted by Gasteiger charge is 2.19. The van der Waals surface area contributed by atoms with Crippen molar-refractivity contribution in [2.45, 2.75) is 51.5 Å². The van der Waals surface area contributed by atoms with E-state index in [9.17, 15) is 14.7 Å². The van der Waals surface area contributed by atoms with E-state index in [-0.39, 0.29) is 30.9 Å². The highest BCUT2D eigenvalue weighted by molar-refractivity contribution is 6.30. The number of carbonyl (C=O) groups excluding carboxylic acids is 1. The van der Waals surface area contributed by atoms with Crippen LogP contribution in [-0.4, -0.2) is 29.6 Å². The van der Waals surface area contributed by atoms with E-state index < -0.39 is 5.97 Å². The standard InChI is InChI=1S/C27H30ClNO4/c1-3-6-23(4-2)29-26(30)17-33-24-12-11-18-9-10-20(13-21(18)15-24)25(16-27(31)32)19-7-5-8-22(28)14-19/h5,7-15,23,25H,3-4,6,16-17H2,1-2H3,(H,29,30)(H,31,32). The van der Waals surface area contributed by atoms with Crippen LogP contribution in [0.3, 0.4) is 0 Å². The maximum Gasteiger partial charge on any atom is 0.304 e. The minimum absolute atomic E-state index is 0.0431. The van der Waals surface area contributed by atoms with Crippen LogP contribution in [0.4, 0.5) is 0 Å². The molecular weight excluding hydrogens is 438 g/mol. The molecule has 0 spiro atoms. The lowest BCUT2D eigenvalue weighted by Gasteiger charge is -2.18. The highest BCUT2D eigenvalue weighted by atomic mass is 35.5. The topological polar surface area (TPSA) is 75.6 Å². The van der Waals surface area contributed by atoms with Gasteiger partial charge in [-0.1, -0.05) is 68.3 Å². The van der Waals surface area contributed by atoms with Crippen molar-refractivity contribution in [3.63, 3.8) is 0 Å². The second kappa shape index (κ2) is 11.7.